The fourth-order valence-corrected chi connectivity index (χ4v) is 2.95. The smallest absolute Gasteiger partial charge is 0.257 e. The molecular weight excluding hydrogens is 308 g/mol. The number of phenolic OH excluding ortho intramolecular Hbond substituents is 2. The number of benzene rings is 2. The van der Waals surface area contributed by atoms with Gasteiger partial charge < -0.3 is 25.2 Å². The second-order valence-electron chi connectivity index (χ2n) is 5.68. The van der Waals surface area contributed by atoms with Gasteiger partial charge >= 0.3 is 0 Å². The molecule has 0 fully saturated rings. The number of hydrogen-bond donors (Lipinski definition) is 3. The van der Waals surface area contributed by atoms with Crippen molar-refractivity contribution >= 4 is 11.6 Å². The quantitative estimate of drug-likeness (QED) is 0.751. The van der Waals surface area contributed by atoms with Gasteiger partial charge in [-0.15, -0.1) is 0 Å². The molecule has 3 rings (SSSR count). The van der Waals surface area contributed by atoms with Crippen LogP contribution in [0.15, 0.2) is 36.4 Å². The van der Waals surface area contributed by atoms with Gasteiger partial charge in [0.2, 0.25) is 5.75 Å². The number of hydrogen-bond acceptors (Lipinski definition) is 5. The van der Waals surface area contributed by atoms with Gasteiger partial charge in [-0.3, -0.25) is 4.79 Å². The van der Waals surface area contributed by atoms with Crippen LogP contribution in [0.4, 0.5) is 5.69 Å². The number of ether oxygens (including phenoxy) is 1. The van der Waals surface area contributed by atoms with Crippen molar-refractivity contribution in [3.05, 3.63) is 47.5 Å². The molecule has 1 aliphatic heterocycles. The molecule has 2 aromatic carbocycles. The van der Waals surface area contributed by atoms with E-state index in [2.05, 4.69) is 5.32 Å². The summed E-state index contributed by atoms with van der Waals surface area (Å²) >= 11 is 0. The van der Waals surface area contributed by atoms with Crippen LogP contribution < -0.4 is 10.1 Å². The Morgan fingerprint density at radius 3 is 2.71 bits per heavy atom. The summed E-state index contributed by atoms with van der Waals surface area (Å²) in [5, 5.41) is 23.1. The first-order chi connectivity index (χ1) is 11.6. The maximum absolute atomic E-state index is 12.8. The number of fused-ring (bicyclic) bond motifs is 1. The molecule has 24 heavy (non-hydrogen) atoms. The average Bonchev–Trinajstić information content (AvgIpc) is 2.59. The minimum absolute atomic E-state index is 0.0669. The number of carbonyl (C=O) groups excluding carboxylic acids is 1. The number of anilines is 1. The van der Waals surface area contributed by atoms with Crippen molar-refractivity contribution in [2.45, 2.75) is 19.5 Å². The predicted molar refractivity (Wildman–Crippen MR) is 90.5 cm³/mol. The van der Waals surface area contributed by atoms with Gasteiger partial charge in [0, 0.05) is 17.8 Å². The molecule has 0 spiro atoms. The van der Waals surface area contributed by atoms with Crippen LogP contribution in [0.1, 0.15) is 35.4 Å². The molecule has 6 nitrogen and oxygen atoms in total. The van der Waals surface area contributed by atoms with Crippen LogP contribution in [-0.2, 0) is 0 Å². The molecule has 6 heteroatoms. The number of carbonyl (C=O) groups is 1. The second-order valence-corrected chi connectivity index (χ2v) is 5.68. The number of methoxy groups -OCH3 is 1. The highest BCUT2D eigenvalue weighted by Gasteiger charge is 2.33. The summed E-state index contributed by atoms with van der Waals surface area (Å²) in [6.07, 6.45) is 0.348. The van der Waals surface area contributed by atoms with Crippen LogP contribution in [0.25, 0.3) is 0 Å². The lowest BCUT2D eigenvalue weighted by Crippen LogP contribution is -2.43. The largest absolute Gasteiger partial charge is 0.504 e. The summed E-state index contributed by atoms with van der Waals surface area (Å²) < 4.78 is 5.11. The lowest BCUT2D eigenvalue weighted by Gasteiger charge is -2.38. The Balaban J connectivity index is 2.09. The topological polar surface area (TPSA) is 82.0 Å². The highest BCUT2D eigenvalue weighted by molar-refractivity contribution is 6.01. The molecule has 1 amide bonds. The number of nitrogens with one attached hydrogen (secondary N) is 1. The summed E-state index contributed by atoms with van der Waals surface area (Å²) in [7, 11) is 1.41. The van der Waals surface area contributed by atoms with Crippen LogP contribution in [0.5, 0.6) is 17.2 Å². The lowest BCUT2D eigenvalue weighted by molar-refractivity contribution is 0.0682. The first-order valence-corrected chi connectivity index (χ1v) is 7.83. The standard InChI is InChI=1S/C18H20N2O4/c1-3-8-20-17(11-9-14(21)16(22)15(10-11)24-2)19-13-7-5-4-6-12(13)18(20)23/h4-7,9-10,17,19,21-22H,3,8H2,1-2H3. The minimum atomic E-state index is -0.451. The first kappa shape index (κ1) is 16.0. The molecule has 0 aliphatic carbocycles. The molecule has 0 saturated heterocycles. The summed E-state index contributed by atoms with van der Waals surface area (Å²) in [5.74, 6) is -0.503. The molecule has 1 heterocycles. The molecule has 0 aromatic heterocycles. The summed E-state index contributed by atoms with van der Waals surface area (Å²) in [4.78, 5) is 14.6. The SMILES string of the molecule is CCCN1C(=O)c2ccccc2NC1c1cc(O)c(O)c(OC)c1. The summed E-state index contributed by atoms with van der Waals surface area (Å²) in [5.41, 5.74) is 2.00. The van der Waals surface area contributed by atoms with Crippen LogP contribution in [0, 0.1) is 0 Å². The van der Waals surface area contributed by atoms with E-state index in [4.69, 9.17) is 4.74 Å². The third-order valence-electron chi connectivity index (χ3n) is 4.10. The van der Waals surface area contributed by atoms with Gasteiger partial charge in [-0.25, -0.2) is 0 Å². The van der Waals surface area contributed by atoms with Gasteiger partial charge in [-0.1, -0.05) is 19.1 Å². The third-order valence-corrected chi connectivity index (χ3v) is 4.10. The number of rotatable bonds is 4. The Morgan fingerprint density at radius 1 is 1.25 bits per heavy atom. The van der Waals surface area contributed by atoms with E-state index in [1.54, 1.807) is 17.0 Å². The Morgan fingerprint density at radius 2 is 2.00 bits per heavy atom. The van der Waals surface area contributed by atoms with Crippen molar-refractivity contribution < 1.29 is 19.7 Å². The van der Waals surface area contributed by atoms with Crippen LogP contribution in [0.2, 0.25) is 0 Å². The molecule has 0 radical (unpaired) electrons. The maximum atomic E-state index is 12.8. The Kier molecular flexibility index (Phi) is 4.20. The van der Waals surface area contributed by atoms with E-state index in [-0.39, 0.29) is 23.2 Å². The van der Waals surface area contributed by atoms with Gasteiger partial charge in [-0.05, 0) is 30.7 Å². The lowest BCUT2D eigenvalue weighted by atomic mass is 10.0. The number of para-hydroxylation sites is 1. The highest BCUT2D eigenvalue weighted by Crippen LogP contribution is 2.41. The first-order valence-electron chi connectivity index (χ1n) is 7.83. The van der Waals surface area contributed by atoms with Crippen LogP contribution in [0.3, 0.4) is 0 Å². The van der Waals surface area contributed by atoms with Crippen molar-refractivity contribution in [2.75, 3.05) is 19.0 Å². The van der Waals surface area contributed by atoms with Crippen molar-refractivity contribution in [3.63, 3.8) is 0 Å². The zero-order valence-corrected chi connectivity index (χ0v) is 13.6. The van der Waals surface area contributed by atoms with E-state index < -0.39 is 6.17 Å². The Labute approximate surface area is 140 Å². The van der Waals surface area contributed by atoms with E-state index in [1.165, 1.54) is 13.2 Å². The highest BCUT2D eigenvalue weighted by atomic mass is 16.5. The zero-order chi connectivity index (χ0) is 17.3. The number of nitrogens with zero attached hydrogens (tertiary/aromatic N) is 1. The molecular formula is C18H20N2O4. The minimum Gasteiger partial charge on any atom is -0.504 e. The fourth-order valence-electron chi connectivity index (χ4n) is 2.95. The Hall–Kier alpha value is -2.89. The number of aromatic hydroxyl groups is 2. The van der Waals surface area contributed by atoms with Gasteiger partial charge in [0.1, 0.15) is 6.17 Å². The predicted octanol–water partition coefficient (Wildman–Crippen LogP) is 3.08. The summed E-state index contributed by atoms with van der Waals surface area (Å²) in [6.45, 7) is 2.56. The van der Waals surface area contributed by atoms with Crippen molar-refractivity contribution in [3.8, 4) is 17.2 Å². The molecule has 0 saturated carbocycles. The molecule has 1 unspecified atom stereocenters. The molecule has 0 bridgehead atoms. The summed E-state index contributed by atoms with van der Waals surface area (Å²) in [6, 6.07) is 10.4. The van der Waals surface area contributed by atoms with E-state index in [0.717, 1.165) is 12.1 Å². The monoisotopic (exact) mass is 328 g/mol. The van der Waals surface area contributed by atoms with E-state index in [9.17, 15) is 15.0 Å². The zero-order valence-electron chi connectivity index (χ0n) is 13.6. The maximum Gasteiger partial charge on any atom is 0.257 e. The molecule has 3 N–H and O–H groups in total. The van der Waals surface area contributed by atoms with Gasteiger partial charge in [0.25, 0.3) is 5.91 Å². The van der Waals surface area contributed by atoms with E-state index in [0.29, 0.717) is 17.7 Å². The Bertz CT molecular complexity index is 776. The fraction of sp³-hybridized carbons (Fsp3) is 0.278. The number of phenols is 2. The van der Waals surface area contributed by atoms with Crippen molar-refractivity contribution in [2.24, 2.45) is 0 Å². The van der Waals surface area contributed by atoms with Gasteiger partial charge in [0.15, 0.2) is 11.5 Å². The molecule has 126 valence electrons. The molecule has 2 aromatic rings. The van der Waals surface area contributed by atoms with Crippen LogP contribution in [-0.4, -0.2) is 34.7 Å². The second kappa shape index (κ2) is 6.31. The van der Waals surface area contributed by atoms with Crippen molar-refractivity contribution in [1.82, 2.24) is 4.90 Å². The normalized spacial score (nSPS) is 16.5. The van der Waals surface area contributed by atoms with E-state index >= 15 is 0 Å². The molecule has 1 aliphatic rings. The van der Waals surface area contributed by atoms with Gasteiger partial charge in [-0.2, -0.15) is 0 Å². The van der Waals surface area contributed by atoms with Crippen molar-refractivity contribution in [1.29, 1.82) is 0 Å². The average molecular weight is 328 g/mol. The van der Waals surface area contributed by atoms with Crippen LogP contribution >= 0.6 is 0 Å². The molecule has 1 atom stereocenters. The van der Waals surface area contributed by atoms with Gasteiger partial charge in [0.05, 0.1) is 12.7 Å². The third kappa shape index (κ3) is 2.60. The van der Waals surface area contributed by atoms with E-state index in [1.807, 2.05) is 25.1 Å². The number of amides is 1.